The quantitative estimate of drug-likeness (QED) is 0.800. The lowest BCUT2D eigenvalue weighted by molar-refractivity contribution is 0.485. The molecule has 92 valence electrons. The first kappa shape index (κ1) is 11.9. The summed E-state index contributed by atoms with van der Waals surface area (Å²) < 4.78 is 6.85. The number of rotatable bonds is 5. The summed E-state index contributed by atoms with van der Waals surface area (Å²) in [6, 6.07) is 0. The molecule has 0 radical (unpaired) electrons. The normalized spacial score (nSPS) is 10.9. The second-order valence-corrected chi connectivity index (χ2v) is 4.41. The molecule has 8 heteroatoms. The van der Waals surface area contributed by atoms with Gasteiger partial charge in [0.15, 0.2) is 5.16 Å². The molecule has 0 fully saturated rings. The fourth-order valence-electron chi connectivity index (χ4n) is 1.36. The van der Waals surface area contributed by atoms with Gasteiger partial charge in [0.25, 0.3) is 0 Å². The number of aromatic nitrogens is 5. The van der Waals surface area contributed by atoms with Crippen LogP contribution in [0.25, 0.3) is 0 Å². The van der Waals surface area contributed by atoms with Crippen LogP contribution in [0.1, 0.15) is 25.1 Å². The number of nitrogens with one attached hydrogen (secondary N) is 1. The number of aryl methyl sites for hydroxylation is 1. The van der Waals surface area contributed by atoms with E-state index in [1.165, 1.54) is 11.8 Å². The van der Waals surface area contributed by atoms with Crippen LogP contribution in [0, 0.1) is 6.92 Å². The van der Waals surface area contributed by atoms with E-state index in [0.717, 1.165) is 6.42 Å². The molecule has 0 spiro atoms. The van der Waals surface area contributed by atoms with E-state index in [4.69, 9.17) is 4.42 Å². The summed E-state index contributed by atoms with van der Waals surface area (Å²) in [4.78, 5) is 11.4. The van der Waals surface area contributed by atoms with Gasteiger partial charge in [-0.05, 0) is 6.42 Å². The maximum atomic E-state index is 11.4. The molecule has 7 nitrogen and oxygen atoms in total. The van der Waals surface area contributed by atoms with E-state index in [2.05, 4.69) is 20.4 Å². The van der Waals surface area contributed by atoms with E-state index >= 15 is 0 Å². The highest BCUT2D eigenvalue weighted by Gasteiger charge is 2.10. The van der Waals surface area contributed by atoms with Crippen molar-refractivity contribution < 1.29 is 4.42 Å². The van der Waals surface area contributed by atoms with Gasteiger partial charge in [-0.25, -0.2) is 9.89 Å². The van der Waals surface area contributed by atoms with Crippen LogP contribution in [-0.2, 0) is 12.3 Å². The van der Waals surface area contributed by atoms with E-state index < -0.39 is 0 Å². The highest BCUT2D eigenvalue weighted by atomic mass is 32.2. The highest BCUT2D eigenvalue weighted by molar-refractivity contribution is 7.98. The molecule has 2 rings (SSSR count). The molecule has 2 heterocycles. The molecule has 0 atom stereocenters. The first-order valence-electron chi connectivity index (χ1n) is 5.27. The predicted octanol–water partition coefficient (Wildman–Crippen LogP) is 0.965. The molecule has 2 aromatic heterocycles. The van der Waals surface area contributed by atoms with Crippen LogP contribution in [0.3, 0.4) is 0 Å². The molecule has 0 saturated heterocycles. The molecular weight excluding hydrogens is 242 g/mol. The Morgan fingerprint density at radius 3 is 2.94 bits per heavy atom. The number of thioether (sulfide) groups is 1. The molecule has 0 aliphatic heterocycles. The van der Waals surface area contributed by atoms with Crippen LogP contribution in [0.5, 0.6) is 0 Å². The minimum Gasteiger partial charge on any atom is -0.425 e. The molecule has 0 saturated carbocycles. The zero-order valence-electron chi connectivity index (χ0n) is 9.63. The molecule has 0 unspecified atom stereocenters. The van der Waals surface area contributed by atoms with Crippen molar-refractivity contribution in [2.24, 2.45) is 0 Å². The zero-order chi connectivity index (χ0) is 12.3. The number of nitrogens with zero attached hydrogens (tertiary/aromatic N) is 4. The van der Waals surface area contributed by atoms with Gasteiger partial charge in [-0.1, -0.05) is 18.7 Å². The van der Waals surface area contributed by atoms with E-state index in [1.54, 1.807) is 11.5 Å². The minimum atomic E-state index is -0.184. The number of hydrogen-bond donors (Lipinski definition) is 1. The molecule has 0 aromatic carbocycles. The van der Waals surface area contributed by atoms with Crippen LogP contribution < -0.4 is 5.69 Å². The van der Waals surface area contributed by atoms with E-state index in [9.17, 15) is 4.79 Å². The monoisotopic (exact) mass is 255 g/mol. The Balaban J connectivity index is 2.06. The minimum absolute atomic E-state index is 0.184. The molecule has 17 heavy (non-hydrogen) atoms. The van der Waals surface area contributed by atoms with Crippen molar-refractivity contribution in [3.05, 3.63) is 22.3 Å². The van der Waals surface area contributed by atoms with Gasteiger partial charge in [-0.2, -0.15) is 0 Å². The first-order valence-corrected chi connectivity index (χ1v) is 6.26. The molecule has 0 bridgehead atoms. The largest absolute Gasteiger partial charge is 0.425 e. The van der Waals surface area contributed by atoms with Crippen molar-refractivity contribution in [3.63, 3.8) is 0 Å². The van der Waals surface area contributed by atoms with Gasteiger partial charge in [0, 0.05) is 13.5 Å². The Kier molecular flexibility index (Phi) is 3.62. The van der Waals surface area contributed by atoms with Crippen LogP contribution >= 0.6 is 11.8 Å². The maximum Gasteiger partial charge on any atom is 0.343 e. The summed E-state index contributed by atoms with van der Waals surface area (Å²) >= 11 is 1.40. The number of hydrogen-bond acceptors (Lipinski definition) is 6. The zero-order valence-corrected chi connectivity index (χ0v) is 10.5. The highest BCUT2D eigenvalue weighted by Crippen LogP contribution is 2.18. The van der Waals surface area contributed by atoms with E-state index in [-0.39, 0.29) is 5.69 Å². The standard InChI is InChI=1S/C9H13N5O2S/c1-3-4-14-8(15)12-13-9(14)17-5-7-11-10-6(2)16-7/h3-5H2,1-2H3,(H,12,15). The molecule has 0 aliphatic carbocycles. The third-order valence-corrected chi connectivity index (χ3v) is 3.02. The third kappa shape index (κ3) is 2.76. The van der Waals surface area contributed by atoms with Gasteiger partial charge in [-0.3, -0.25) is 4.57 Å². The molecule has 2 aromatic rings. The van der Waals surface area contributed by atoms with Crippen LogP contribution in [0.4, 0.5) is 0 Å². The second kappa shape index (κ2) is 5.17. The Morgan fingerprint density at radius 1 is 1.47 bits per heavy atom. The lowest BCUT2D eigenvalue weighted by atomic mass is 10.5. The summed E-state index contributed by atoms with van der Waals surface area (Å²) in [6.07, 6.45) is 0.882. The molecule has 1 N–H and O–H groups in total. The first-order chi connectivity index (χ1) is 8.20. The van der Waals surface area contributed by atoms with Gasteiger partial charge >= 0.3 is 5.69 Å². The lowest BCUT2D eigenvalue weighted by Gasteiger charge is -2.01. The number of H-pyrrole nitrogens is 1. The van der Waals surface area contributed by atoms with Crippen LogP contribution in [-0.4, -0.2) is 25.0 Å². The molecule has 0 aliphatic rings. The summed E-state index contributed by atoms with van der Waals surface area (Å²) in [6.45, 7) is 4.40. The van der Waals surface area contributed by atoms with Gasteiger partial charge in [0.2, 0.25) is 11.8 Å². The van der Waals surface area contributed by atoms with Crippen LogP contribution in [0.15, 0.2) is 14.4 Å². The van der Waals surface area contributed by atoms with E-state index in [0.29, 0.717) is 29.2 Å². The number of aromatic amines is 1. The topological polar surface area (TPSA) is 89.6 Å². The predicted molar refractivity (Wildman–Crippen MR) is 61.7 cm³/mol. The van der Waals surface area contributed by atoms with Crippen molar-refractivity contribution in [1.82, 2.24) is 25.0 Å². The second-order valence-electron chi connectivity index (χ2n) is 3.47. The Hall–Kier alpha value is -1.57. The van der Waals surface area contributed by atoms with Gasteiger partial charge < -0.3 is 4.42 Å². The summed E-state index contributed by atoms with van der Waals surface area (Å²) in [5.74, 6) is 1.58. The van der Waals surface area contributed by atoms with Crippen molar-refractivity contribution in [3.8, 4) is 0 Å². The Morgan fingerprint density at radius 2 is 2.29 bits per heavy atom. The Labute approximate surface area is 102 Å². The van der Waals surface area contributed by atoms with Crippen molar-refractivity contribution >= 4 is 11.8 Å². The van der Waals surface area contributed by atoms with Gasteiger partial charge in [0.05, 0.1) is 5.75 Å². The lowest BCUT2D eigenvalue weighted by Crippen LogP contribution is -2.17. The fourth-order valence-corrected chi connectivity index (χ4v) is 2.17. The summed E-state index contributed by atoms with van der Waals surface area (Å²) in [5, 5.41) is 14.7. The van der Waals surface area contributed by atoms with Crippen LogP contribution in [0.2, 0.25) is 0 Å². The summed E-state index contributed by atoms with van der Waals surface area (Å²) in [5.41, 5.74) is -0.184. The van der Waals surface area contributed by atoms with Crippen molar-refractivity contribution in [2.45, 2.75) is 37.7 Å². The Bertz CT molecular complexity index is 544. The molecule has 0 amide bonds. The van der Waals surface area contributed by atoms with Gasteiger partial charge in [-0.15, -0.1) is 15.3 Å². The van der Waals surface area contributed by atoms with E-state index in [1.807, 2.05) is 6.92 Å². The fraction of sp³-hybridized carbons (Fsp3) is 0.556. The SMILES string of the molecule is CCCn1c(SCc2nnc(C)o2)n[nH]c1=O. The smallest absolute Gasteiger partial charge is 0.343 e. The average Bonchev–Trinajstić information content (AvgIpc) is 2.86. The van der Waals surface area contributed by atoms with Crippen molar-refractivity contribution in [2.75, 3.05) is 0 Å². The maximum absolute atomic E-state index is 11.4. The van der Waals surface area contributed by atoms with Crippen molar-refractivity contribution in [1.29, 1.82) is 0 Å². The third-order valence-electron chi connectivity index (χ3n) is 2.06. The average molecular weight is 255 g/mol. The summed E-state index contributed by atoms with van der Waals surface area (Å²) in [7, 11) is 0. The van der Waals surface area contributed by atoms with Gasteiger partial charge in [0.1, 0.15) is 0 Å². The molecular formula is C9H13N5O2S.